The summed E-state index contributed by atoms with van der Waals surface area (Å²) < 4.78 is 45.6. The molecule has 1 aliphatic carbocycles. The van der Waals surface area contributed by atoms with Crippen LogP contribution < -0.4 is 0 Å². The maximum Gasteiger partial charge on any atom is 0.303 e. The van der Waals surface area contributed by atoms with Gasteiger partial charge in [-0.25, -0.2) is 0 Å². The first kappa shape index (κ1) is 20.3. The second kappa shape index (κ2) is 8.26. The van der Waals surface area contributed by atoms with Gasteiger partial charge in [0, 0.05) is 20.0 Å². The van der Waals surface area contributed by atoms with Crippen molar-refractivity contribution in [2.24, 2.45) is 5.92 Å². The minimum absolute atomic E-state index is 0.175. The van der Waals surface area contributed by atoms with Gasteiger partial charge in [-0.3, -0.25) is 8.98 Å². The standard InChI is InChI=1S/C19H26O7S/c1-12(20)24-17-15-11-14(13-7-5-4-6-8-13)9-10-16(15)25-19(23-2)18(17)26-27(3,21)22/h4-8,14-19H,9-11H2,1-3H3/t14-,15-,16-,17+,18-,19-/m1/s1. The molecule has 0 amide bonds. The van der Waals surface area contributed by atoms with E-state index < -0.39 is 34.6 Å². The molecule has 1 saturated carbocycles. The molecule has 8 heteroatoms. The largest absolute Gasteiger partial charge is 0.459 e. The first-order chi connectivity index (χ1) is 12.8. The van der Waals surface area contributed by atoms with Crippen LogP contribution in [0, 0.1) is 5.92 Å². The number of carbonyl (C=O) groups excluding carboxylic acids is 1. The number of ether oxygens (including phenoxy) is 3. The lowest BCUT2D eigenvalue weighted by Crippen LogP contribution is -2.59. The molecule has 1 saturated heterocycles. The van der Waals surface area contributed by atoms with E-state index in [0.717, 1.165) is 19.1 Å². The van der Waals surface area contributed by atoms with Gasteiger partial charge in [-0.15, -0.1) is 0 Å². The quantitative estimate of drug-likeness (QED) is 0.555. The van der Waals surface area contributed by atoms with Gasteiger partial charge in [0.05, 0.1) is 12.4 Å². The summed E-state index contributed by atoms with van der Waals surface area (Å²) >= 11 is 0. The van der Waals surface area contributed by atoms with E-state index in [0.29, 0.717) is 6.42 Å². The summed E-state index contributed by atoms with van der Waals surface area (Å²) in [5, 5.41) is 0. The van der Waals surface area contributed by atoms with Crippen LogP contribution in [0.15, 0.2) is 30.3 Å². The molecule has 0 N–H and O–H groups in total. The van der Waals surface area contributed by atoms with Crippen LogP contribution in [0.3, 0.4) is 0 Å². The topological polar surface area (TPSA) is 88.1 Å². The minimum Gasteiger partial charge on any atom is -0.459 e. The van der Waals surface area contributed by atoms with Crippen molar-refractivity contribution in [3.63, 3.8) is 0 Å². The van der Waals surface area contributed by atoms with Crippen molar-refractivity contribution in [2.75, 3.05) is 13.4 Å². The van der Waals surface area contributed by atoms with E-state index in [2.05, 4.69) is 12.1 Å². The van der Waals surface area contributed by atoms with Crippen LogP contribution in [-0.2, 0) is 33.3 Å². The monoisotopic (exact) mass is 398 g/mol. The van der Waals surface area contributed by atoms with Gasteiger partial charge in [-0.1, -0.05) is 30.3 Å². The molecule has 2 aliphatic rings. The number of benzene rings is 1. The fourth-order valence-electron chi connectivity index (χ4n) is 4.21. The Hall–Kier alpha value is -1.48. The van der Waals surface area contributed by atoms with Crippen molar-refractivity contribution in [3.8, 4) is 0 Å². The van der Waals surface area contributed by atoms with Gasteiger partial charge >= 0.3 is 5.97 Å². The Kier molecular flexibility index (Phi) is 6.20. The molecule has 27 heavy (non-hydrogen) atoms. The van der Waals surface area contributed by atoms with Gasteiger partial charge < -0.3 is 14.2 Å². The summed E-state index contributed by atoms with van der Waals surface area (Å²) in [6, 6.07) is 10.1. The van der Waals surface area contributed by atoms with Crippen molar-refractivity contribution in [1.29, 1.82) is 0 Å². The number of hydrogen-bond acceptors (Lipinski definition) is 7. The number of hydrogen-bond donors (Lipinski definition) is 0. The zero-order valence-electron chi connectivity index (χ0n) is 15.7. The fraction of sp³-hybridized carbons (Fsp3) is 0.632. The highest BCUT2D eigenvalue weighted by Crippen LogP contribution is 2.44. The van der Waals surface area contributed by atoms with E-state index in [1.807, 2.05) is 18.2 Å². The highest BCUT2D eigenvalue weighted by molar-refractivity contribution is 7.86. The van der Waals surface area contributed by atoms with Crippen LogP contribution in [0.5, 0.6) is 0 Å². The van der Waals surface area contributed by atoms with Crippen LogP contribution in [0.2, 0.25) is 0 Å². The zero-order chi connectivity index (χ0) is 19.6. The average Bonchev–Trinajstić information content (AvgIpc) is 2.62. The normalized spacial score (nSPS) is 33.9. The van der Waals surface area contributed by atoms with Crippen LogP contribution >= 0.6 is 0 Å². The first-order valence-corrected chi connectivity index (χ1v) is 10.9. The number of methoxy groups -OCH3 is 1. The van der Waals surface area contributed by atoms with E-state index in [1.54, 1.807) is 0 Å². The molecule has 1 aromatic rings. The fourth-order valence-corrected chi connectivity index (χ4v) is 4.81. The molecular weight excluding hydrogens is 372 g/mol. The Labute approximate surface area is 160 Å². The second-order valence-corrected chi connectivity index (χ2v) is 8.80. The van der Waals surface area contributed by atoms with Crippen LogP contribution in [-0.4, -0.2) is 52.4 Å². The summed E-state index contributed by atoms with van der Waals surface area (Å²) in [4.78, 5) is 11.7. The SMILES string of the molecule is CO[C@@H]1O[C@@H]2CC[C@@H](c3ccccc3)C[C@H]2[C@H](OC(C)=O)[C@H]1OS(C)(=O)=O. The summed E-state index contributed by atoms with van der Waals surface area (Å²) in [6.45, 7) is 1.31. The Balaban J connectivity index is 1.89. The number of carbonyl (C=O) groups is 1. The van der Waals surface area contributed by atoms with Crippen molar-refractivity contribution in [2.45, 2.75) is 56.7 Å². The molecule has 2 fully saturated rings. The molecule has 1 aromatic carbocycles. The minimum atomic E-state index is -3.79. The van der Waals surface area contributed by atoms with Crippen molar-refractivity contribution in [3.05, 3.63) is 35.9 Å². The number of rotatable bonds is 5. The lowest BCUT2D eigenvalue weighted by atomic mass is 9.72. The third-order valence-corrected chi connectivity index (χ3v) is 5.82. The maximum absolute atomic E-state index is 11.8. The van der Waals surface area contributed by atoms with Crippen LogP contribution in [0.25, 0.3) is 0 Å². The van der Waals surface area contributed by atoms with Crippen LogP contribution in [0.4, 0.5) is 0 Å². The molecule has 0 aromatic heterocycles. The van der Waals surface area contributed by atoms with Gasteiger partial charge in [0.25, 0.3) is 10.1 Å². The predicted octanol–water partition coefficient (Wildman–Crippen LogP) is 2.22. The smallest absolute Gasteiger partial charge is 0.303 e. The molecule has 6 atom stereocenters. The van der Waals surface area contributed by atoms with Crippen molar-refractivity contribution in [1.82, 2.24) is 0 Å². The van der Waals surface area contributed by atoms with Gasteiger partial charge in [-0.05, 0) is 30.7 Å². The first-order valence-electron chi connectivity index (χ1n) is 9.07. The molecule has 0 unspecified atom stereocenters. The highest BCUT2D eigenvalue weighted by Gasteiger charge is 2.52. The number of fused-ring (bicyclic) bond motifs is 1. The third-order valence-electron chi connectivity index (χ3n) is 5.25. The lowest BCUT2D eigenvalue weighted by Gasteiger charge is -2.48. The van der Waals surface area contributed by atoms with Gasteiger partial charge in [0.2, 0.25) is 0 Å². The Morgan fingerprint density at radius 2 is 1.85 bits per heavy atom. The van der Waals surface area contributed by atoms with Crippen molar-refractivity contribution >= 4 is 16.1 Å². The van der Waals surface area contributed by atoms with E-state index in [4.69, 9.17) is 18.4 Å². The molecule has 3 rings (SSSR count). The van der Waals surface area contributed by atoms with E-state index >= 15 is 0 Å². The number of esters is 1. The van der Waals surface area contributed by atoms with E-state index in [-0.39, 0.29) is 17.9 Å². The Morgan fingerprint density at radius 3 is 2.44 bits per heavy atom. The van der Waals surface area contributed by atoms with Gasteiger partial charge in [-0.2, -0.15) is 8.42 Å². The molecule has 0 radical (unpaired) electrons. The molecule has 1 aliphatic heterocycles. The predicted molar refractivity (Wildman–Crippen MR) is 97.5 cm³/mol. The molecule has 1 heterocycles. The lowest BCUT2D eigenvalue weighted by molar-refractivity contribution is -0.280. The average molecular weight is 398 g/mol. The van der Waals surface area contributed by atoms with E-state index in [9.17, 15) is 13.2 Å². The zero-order valence-corrected chi connectivity index (χ0v) is 16.6. The molecule has 150 valence electrons. The van der Waals surface area contributed by atoms with Gasteiger partial charge in [0.15, 0.2) is 12.4 Å². The highest BCUT2D eigenvalue weighted by atomic mass is 32.2. The Morgan fingerprint density at radius 1 is 1.15 bits per heavy atom. The summed E-state index contributed by atoms with van der Waals surface area (Å²) in [7, 11) is -2.37. The molecule has 7 nitrogen and oxygen atoms in total. The molecular formula is C19H26O7S. The summed E-state index contributed by atoms with van der Waals surface area (Å²) in [5.74, 6) is -0.377. The van der Waals surface area contributed by atoms with Crippen LogP contribution in [0.1, 0.15) is 37.7 Å². The summed E-state index contributed by atoms with van der Waals surface area (Å²) in [5.41, 5.74) is 1.21. The van der Waals surface area contributed by atoms with Gasteiger partial charge in [0.1, 0.15) is 6.10 Å². The van der Waals surface area contributed by atoms with Crippen molar-refractivity contribution < 1.29 is 31.6 Å². The second-order valence-electron chi connectivity index (χ2n) is 7.20. The molecule has 0 spiro atoms. The third kappa shape index (κ3) is 4.87. The maximum atomic E-state index is 11.8. The van der Waals surface area contributed by atoms with E-state index in [1.165, 1.54) is 19.6 Å². The Bertz CT molecular complexity index is 749. The summed E-state index contributed by atoms with van der Waals surface area (Å²) in [6.07, 6.45) is 0.491. The molecule has 0 bridgehead atoms.